The number of fused-ring (bicyclic) bond motifs is 1. The number of nitrogen functional groups attached to an aromatic ring is 1. The molecule has 2 aromatic rings. The van der Waals surface area contributed by atoms with E-state index in [4.69, 9.17) is 18.0 Å². The average Bonchev–Trinajstić information content (AvgIpc) is 2.34. The van der Waals surface area contributed by atoms with E-state index in [-0.39, 0.29) is 12.4 Å². The van der Waals surface area contributed by atoms with Crippen LogP contribution < -0.4 is 5.73 Å². The van der Waals surface area contributed by atoms with E-state index in [1.165, 1.54) is 6.33 Å². The third kappa shape index (κ3) is 1.26. The maximum atomic E-state index is 5.57. The lowest BCUT2D eigenvalue weighted by Gasteiger charge is -1.92. The Bertz CT molecular complexity index is 446. The van der Waals surface area contributed by atoms with Gasteiger partial charge >= 0.3 is 0 Å². The number of halogens is 1. The molecular weight excluding hydrogens is 198 g/mol. The van der Waals surface area contributed by atoms with Crippen molar-refractivity contribution >= 4 is 41.6 Å². The molecule has 4 N–H and O–H groups in total. The molecule has 7 heteroatoms. The first kappa shape index (κ1) is 8.95. The predicted molar refractivity (Wildman–Crippen MR) is 50.7 cm³/mol. The summed E-state index contributed by atoms with van der Waals surface area (Å²) < 4.78 is 0.349. The minimum absolute atomic E-state index is 0. The number of hydrogen-bond acceptors (Lipinski definition) is 4. The van der Waals surface area contributed by atoms with Gasteiger partial charge in [0, 0.05) is 0 Å². The van der Waals surface area contributed by atoms with Gasteiger partial charge in [-0.3, -0.25) is 0 Å². The van der Waals surface area contributed by atoms with Crippen LogP contribution in [0.2, 0.25) is 0 Å². The number of nitrogens with two attached hydrogens (primary N) is 1. The number of nitrogens with one attached hydrogen (secondary N) is 2. The second kappa shape index (κ2) is 3.08. The van der Waals surface area contributed by atoms with E-state index in [1.54, 1.807) is 0 Å². The van der Waals surface area contributed by atoms with Crippen molar-refractivity contribution in [3.8, 4) is 0 Å². The zero-order valence-electron chi connectivity index (χ0n) is 5.87. The van der Waals surface area contributed by atoms with Crippen LogP contribution in [0.25, 0.3) is 11.2 Å². The van der Waals surface area contributed by atoms with Gasteiger partial charge in [0.25, 0.3) is 0 Å². The van der Waals surface area contributed by atoms with Gasteiger partial charge in [0.2, 0.25) is 4.77 Å². The van der Waals surface area contributed by atoms with Crippen LogP contribution >= 0.6 is 24.6 Å². The molecule has 12 heavy (non-hydrogen) atoms. The molecule has 2 heterocycles. The highest BCUT2D eigenvalue weighted by Gasteiger charge is 2.00. The van der Waals surface area contributed by atoms with E-state index in [2.05, 4.69) is 19.9 Å². The van der Waals surface area contributed by atoms with Crippen LogP contribution in [0.4, 0.5) is 5.82 Å². The average molecular weight is 204 g/mol. The molecule has 0 aliphatic carbocycles. The van der Waals surface area contributed by atoms with Gasteiger partial charge in [-0.2, -0.15) is 4.98 Å². The summed E-state index contributed by atoms with van der Waals surface area (Å²) in [5.41, 5.74) is 6.81. The summed E-state index contributed by atoms with van der Waals surface area (Å²) in [6, 6.07) is 0. The number of hydrogen-bond donors (Lipinski definition) is 3. The van der Waals surface area contributed by atoms with E-state index in [0.717, 1.165) is 0 Å². The molecule has 0 aliphatic rings. The van der Waals surface area contributed by atoms with Gasteiger partial charge in [0.15, 0.2) is 5.65 Å². The second-order valence-electron chi connectivity index (χ2n) is 2.06. The van der Waals surface area contributed by atoms with Gasteiger partial charge in [-0.1, -0.05) is 0 Å². The van der Waals surface area contributed by atoms with Crippen molar-refractivity contribution in [2.45, 2.75) is 0 Å². The summed E-state index contributed by atoms with van der Waals surface area (Å²) in [5.74, 6) is 0.470. The van der Waals surface area contributed by atoms with Gasteiger partial charge < -0.3 is 15.7 Å². The highest BCUT2D eigenvalue weighted by molar-refractivity contribution is 7.71. The second-order valence-corrected chi connectivity index (χ2v) is 2.44. The molecule has 5 nitrogen and oxygen atoms in total. The number of anilines is 1. The zero-order chi connectivity index (χ0) is 7.84. The Labute approximate surface area is 78.8 Å². The minimum atomic E-state index is 0. The van der Waals surface area contributed by atoms with Gasteiger partial charge in [0.1, 0.15) is 11.3 Å². The van der Waals surface area contributed by atoms with Crippen LogP contribution in [-0.2, 0) is 0 Å². The van der Waals surface area contributed by atoms with Crippen molar-refractivity contribution < 1.29 is 0 Å². The molecule has 2 rings (SSSR count). The fraction of sp³-hybridized carbons (Fsp3) is 0. The van der Waals surface area contributed by atoms with Crippen molar-refractivity contribution in [2.24, 2.45) is 0 Å². The van der Waals surface area contributed by atoms with Crippen molar-refractivity contribution in [1.29, 1.82) is 0 Å². The fourth-order valence-corrected chi connectivity index (χ4v) is 1.07. The Hall–Kier alpha value is -1.14. The summed E-state index contributed by atoms with van der Waals surface area (Å²) in [6.07, 6.45) is 1.52. The lowest BCUT2D eigenvalue weighted by molar-refractivity contribution is 1.17. The number of aromatic amines is 2. The van der Waals surface area contributed by atoms with Crippen LogP contribution in [0.1, 0.15) is 0 Å². The van der Waals surface area contributed by atoms with E-state index in [0.29, 0.717) is 21.8 Å². The quantitative estimate of drug-likeness (QED) is 0.559. The first-order valence-electron chi connectivity index (χ1n) is 2.96. The topological polar surface area (TPSA) is 83.4 Å². The van der Waals surface area contributed by atoms with Gasteiger partial charge in [-0.05, 0) is 12.2 Å². The van der Waals surface area contributed by atoms with E-state index in [9.17, 15) is 0 Å². The molecule has 64 valence electrons. The van der Waals surface area contributed by atoms with Crippen molar-refractivity contribution in [2.75, 3.05) is 5.73 Å². The highest BCUT2D eigenvalue weighted by atomic mass is 35.5. The number of imidazole rings is 1. The van der Waals surface area contributed by atoms with Crippen LogP contribution in [0.3, 0.4) is 0 Å². The highest BCUT2D eigenvalue weighted by Crippen LogP contribution is 2.10. The van der Waals surface area contributed by atoms with Gasteiger partial charge in [-0.25, -0.2) is 4.98 Å². The molecule has 0 radical (unpaired) electrons. The SMILES string of the molecule is Cl.Nc1[nH]c(=S)nc2nc[nH]c12. The zero-order valence-corrected chi connectivity index (χ0v) is 7.50. The molecule has 2 aromatic heterocycles. The molecule has 0 unspecified atom stereocenters. The van der Waals surface area contributed by atoms with Crippen molar-refractivity contribution in [1.82, 2.24) is 19.9 Å². The summed E-state index contributed by atoms with van der Waals surface area (Å²) in [6.45, 7) is 0. The number of nitrogens with zero attached hydrogens (tertiary/aromatic N) is 2. The van der Waals surface area contributed by atoms with Crippen molar-refractivity contribution in [3.05, 3.63) is 11.1 Å². The molecule has 0 aliphatic heterocycles. The third-order valence-electron chi connectivity index (χ3n) is 1.34. The maximum absolute atomic E-state index is 5.57. The molecule has 0 atom stereocenters. The smallest absolute Gasteiger partial charge is 0.200 e. The number of H-pyrrole nitrogens is 2. The molecule has 0 amide bonds. The largest absolute Gasteiger partial charge is 0.383 e. The summed E-state index contributed by atoms with van der Waals surface area (Å²) in [5, 5.41) is 0. The normalized spacial score (nSPS) is 9.67. The Morgan fingerprint density at radius 1 is 1.50 bits per heavy atom. The van der Waals surface area contributed by atoms with E-state index in [1.807, 2.05) is 0 Å². The van der Waals surface area contributed by atoms with Gasteiger partial charge in [0.05, 0.1) is 6.33 Å². The predicted octanol–water partition coefficient (Wildman–Crippen LogP) is 1.02. The summed E-state index contributed by atoms with van der Waals surface area (Å²) >= 11 is 4.79. The third-order valence-corrected chi connectivity index (χ3v) is 1.53. The molecule has 0 bridgehead atoms. The molecule has 0 aromatic carbocycles. The Morgan fingerprint density at radius 2 is 2.25 bits per heavy atom. The maximum Gasteiger partial charge on any atom is 0.200 e. The van der Waals surface area contributed by atoms with Crippen LogP contribution in [0, 0.1) is 4.77 Å². The standard InChI is InChI=1S/C5H5N5S.ClH/c6-3-2-4(8-1-7-2)10-5(11)9-3;/h1H,(H4,6,7,8,9,10,11);1H. The summed E-state index contributed by atoms with van der Waals surface area (Å²) in [4.78, 5) is 13.4. The monoisotopic (exact) mass is 203 g/mol. The first-order chi connectivity index (χ1) is 5.27. The molecule has 0 spiro atoms. The molecular formula is C5H6ClN5S. The van der Waals surface area contributed by atoms with Crippen LogP contribution in [-0.4, -0.2) is 19.9 Å². The molecule has 0 saturated heterocycles. The van der Waals surface area contributed by atoms with Gasteiger partial charge in [-0.15, -0.1) is 12.4 Å². The van der Waals surface area contributed by atoms with E-state index < -0.39 is 0 Å². The minimum Gasteiger partial charge on any atom is -0.383 e. The van der Waals surface area contributed by atoms with Crippen molar-refractivity contribution in [3.63, 3.8) is 0 Å². The Kier molecular flexibility index (Phi) is 2.30. The number of rotatable bonds is 0. The fourth-order valence-electron chi connectivity index (χ4n) is 0.872. The van der Waals surface area contributed by atoms with Crippen LogP contribution in [0.5, 0.6) is 0 Å². The number of aromatic nitrogens is 4. The van der Waals surface area contributed by atoms with Crippen LogP contribution in [0.15, 0.2) is 6.33 Å². The van der Waals surface area contributed by atoms with E-state index >= 15 is 0 Å². The Morgan fingerprint density at radius 3 is 3.00 bits per heavy atom. The lowest BCUT2D eigenvalue weighted by atomic mass is 10.5. The first-order valence-corrected chi connectivity index (χ1v) is 3.37. The molecule has 0 fully saturated rings. The molecule has 0 saturated carbocycles. The Balaban J connectivity index is 0.000000720. The summed E-state index contributed by atoms with van der Waals surface area (Å²) in [7, 11) is 0. The lowest BCUT2D eigenvalue weighted by Crippen LogP contribution is -1.93.